The first kappa shape index (κ1) is 11.6. The Hall–Kier alpha value is -1.89. The topological polar surface area (TPSA) is 121 Å². The summed E-state index contributed by atoms with van der Waals surface area (Å²) in [5.41, 5.74) is 4.24. The third-order valence-corrected chi connectivity index (χ3v) is 2.96. The van der Waals surface area contributed by atoms with Crippen molar-refractivity contribution >= 4 is 5.91 Å². The van der Waals surface area contributed by atoms with E-state index in [4.69, 9.17) is 5.73 Å². The van der Waals surface area contributed by atoms with E-state index in [1.165, 1.54) is 0 Å². The van der Waals surface area contributed by atoms with Crippen LogP contribution in [0.2, 0.25) is 0 Å². The molecule has 2 rings (SSSR count). The van der Waals surface area contributed by atoms with Crippen LogP contribution in [-0.4, -0.2) is 28.0 Å². The van der Waals surface area contributed by atoms with Crippen molar-refractivity contribution in [2.75, 3.05) is 6.54 Å². The number of hydrogen-bond donors (Lipinski definition) is 4. The summed E-state index contributed by atoms with van der Waals surface area (Å²) in [5, 5.41) is 2.61. The van der Waals surface area contributed by atoms with Crippen LogP contribution in [0.15, 0.2) is 15.7 Å². The number of aromatic amines is 2. The van der Waals surface area contributed by atoms with E-state index in [1.807, 2.05) is 4.98 Å². The lowest BCUT2D eigenvalue weighted by Gasteiger charge is -2.38. The molecule has 0 bridgehead atoms. The zero-order chi connectivity index (χ0) is 12.5. The standard InChI is InChI=1S/C10H14N4O3/c11-10(2-1-3-10)5-12-8(16)6-4-7(15)14-9(17)13-6/h4H,1-3,5,11H2,(H,12,16)(H2,13,14,15,17). The summed E-state index contributed by atoms with van der Waals surface area (Å²) in [6, 6.07) is 1.04. The van der Waals surface area contributed by atoms with Crippen LogP contribution in [-0.2, 0) is 0 Å². The number of aromatic nitrogens is 2. The molecule has 1 aliphatic carbocycles. The van der Waals surface area contributed by atoms with Crippen molar-refractivity contribution < 1.29 is 4.79 Å². The average Bonchev–Trinajstić information content (AvgIpc) is 2.22. The van der Waals surface area contributed by atoms with Gasteiger partial charge in [-0.3, -0.25) is 14.6 Å². The monoisotopic (exact) mass is 238 g/mol. The zero-order valence-corrected chi connectivity index (χ0v) is 9.21. The highest BCUT2D eigenvalue weighted by Gasteiger charge is 2.32. The van der Waals surface area contributed by atoms with Gasteiger partial charge in [0, 0.05) is 18.2 Å². The van der Waals surface area contributed by atoms with Gasteiger partial charge in [0.15, 0.2) is 0 Å². The Kier molecular flexibility index (Phi) is 2.84. The van der Waals surface area contributed by atoms with E-state index >= 15 is 0 Å². The number of nitrogens with one attached hydrogen (secondary N) is 3. The summed E-state index contributed by atoms with van der Waals surface area (Å²) in [5.74, 6) is -0.495. The van der Waals surface area contributed by atoms with Crippen molar-refractivity contribution in [3.63, 3.8) is 0 Å². The second-order valence-electron chi connectivity index (χ2n) is 4.40. The number of H-pyrrole nitrogens is 2. The molecule has 1 aliphatic rings. The summed E-state index contributed by atoms with van der Waals surface area (Å²) >= 11 is 0. The SMILES string of the molecule is NC1(CNC(=O)c2cc(=O)[nH]c(=O)[nH]2)CCC1. The maximum absolute atomic E-state index is 11.6. The van der Waals surface area contributed by atoms with Gasteiger partial charge < -0.3 is 16.0 Å². The maximum atomic E-state index is 11.6. The van der Waals surface area contributed by atoms with E-state index in [2.05, 4.69) is 10.3 Å². The molecular formula is C10H14N4O3. The van der Waals surface area contributed by atoms with Crippen LogP contribution < -0.4 is 22.3 Å². The van der Waals surface area contributed by atoms with Crippen LogP contribution >= 0.6 is 0 Å². The van der Waals surface area contributed by atoms with Gasteiger partial charge in [0.05, 0.1) is 0 Å². The molecule has 0 aromatic carbocycles. The highest BCUT2D eigenvalue weighted by atomic mass is 16.2. The highest BCUT2D eigenvalue weighted by Crippen LogP contribution is 2.27. The minimum atomic E-state index is -0.700. The van der Waals surface area contributed by atoms with Crippen molar-refractivity contribution in [1.82, 2.24) is 15.3 Å². The number of carbonyl (C=O) groups is 1. The van der Waals surface area contributed by atoms with Crippen LogP contribution in [0, 0.1) is 0 Å². The van der Waals surface area contributed by atoms with Gasteiger partial charge in [0.25, 0.3) is 11.5 Å². The predicted octanol–water partition coefficient (Wildman–Crippen LogP) is -1.33. The number of carbonyl (C=O) groups excluding carboxylic acids is 1. The van der Waals surface area contributed by atoms with Gasteiger partial charge in [0.1, 0.15) is 5.69 Å². The molecule has 92 valence electrons. The quantitative estimate of drug-likeness (QED) is 0.521. The Balaban J connectivity index is 2.04. The lowest BCUT2D eigenvalue weighted by atomic mass is 9.78. The molecule has 0 aliphatic heterocycles. The van der Waals surface area contributed by atoms with Gasteiger partial charge in [-0.25, -0.2) is 4.79 Å². The molecule has 0 unspecified atom stereocenters. The van der Waals surface area contributed by atoms with Crippen LogP contribution in [0.1, 0.15) is 29.8 Å². The van der Waals surface area contributed by atoms with Crippen molar-refractivity contribution in [1.29, 1.82) is 0 Å². The second kappa shape index (κ2) is 4.17. The van der Waals surface area contributed by atoms with Crippen molar-refractivity contribution in [2.45, 2.75) is 24.8 Å². The second-order valence-corrected chi connectivity index (χ2v) is 4.40. The smallest absolute Gasteiger partial charge is 0.326 e. The van der Waals surface area contributed by atoms with E-state index in [0.29, 0.717) is 6.54 Å². The summed E-state index contributed by atoms with van der Waals surface area (Å²) in [4.78, 5) is 37.9. The molecule has 7 nitrogen and oxygen atoms in total. The fraction of sp³-hybridized carbons (Fsp3) is 0.500. The molecule has 1 heterocycles. The van der Waals surface area contributed by atoms with Gasteiger partial charge >= 0.3 is 5.69 Å². The van der Waals surface area contributed by atoms with E-state index in [9.17, 15) is 14.4 Å². The van der Waals surface area contributed by atoms with Gasteiger partial charge in [0.2, 0.25) is 0 Å². The summed E-state index contributed by atoms with van der Waals surface area (Å²) < 4.78 is 0. The molecule has 5 N–H and O–H groups in total. The third kappa shape index (κ3) is 2.62. The Morgan fingerprint density at radius 3 is 2.65 bits per heavy atom. The number of hydrogen-bond acceptors (Lipinski definition) is 4. The van der Waals surface area contributed by atoms with Crippen molar-refractivity contribution in [3.05, 3.63) is 32.6 Å². The average molecular weight is 238 g/mol. The molecule has 1 fully saturated rings. The summed E-state index contributed by atoms with van der Waals surface area (Å²) in [6.07, 6.45) is 2.81. The van der Waals surface area contributed by atoms with Crippen LogP contribution in [0.3, 0.4) is 0 Å². The van der Waals surface area contributed by atoms with Crippen molar-refractivity contribution in [3.8, 4) is 0 Å². The number of amides is 1. The molecule has 0 spiro atoms. The Morgan fingerprint density at radius 1 is 1.41 bits per heavy atom. The fourth-order valence-electron chi connectivity index (χ4n) is 1.75. The van der Waals surface area contributed by atoms with E-state index in [-0.39, 0.29) is 11.2 Å². The lowest BCUT2D eigenvalue weighted by Crippen LogP contribution is -2.55. The molecule has 7 heteroatoms. The fourth-order valence-corrected chi connectivity index (χ4v) is 1.75. The van der Waals surface area contributed by atoms with E-state index in [1.54, 1.807) is 0 Å². The van der Waals surface area contributed by atoms with Crippen molar-refractivity contribution in [2.24, 2.45) is 5.73 Å². The van der Waals surface area contributed by atoms with Gasteiger partial charge in [-0.05, 0) is 19.3 Å². The first-order chi connectivity index (χ1) is 7.98. The Morgan fingerprint density at radius 2 is 2.12 bits per heavy atom. The minimum absolute atomic E-state index is 0.0540. The largest absolute Gasteiger partial charge is 0.349 e. The molecule has 1 aromatic rings. The maximum Gasteiger partial charge on any atom is 0.326 e. The predicted molar refractivity (Wildman–Crippen MR) is 60.8 cm³/mol. The molecule has 1 saturated carbocycles. The molecular weight excluding hydrogens is 224 g/mol. The van der Waals surface area contributed by atoms with E-state index < -0.39 is 17.2 Å². The highest BCUT2D eigenvalue weighted by molar-refractivity contribution is 5.92. The van der Waals surface area contributed by atoms with Crippen LogP contribution in [0.4, 0.5) is 0 Å². The van der Waals surface area contributed by atoms with Gasteiger partial charge in [-0.1, -0.05) is 0 Å². The van der Waals surface area contributed by atoms with Gasteiger partial charge in [-0.2, -0.15) is 0 Å². The van der Waals surface area contributed by atoms with Gasteiger partial charge in [-0.15, -0.1) is 0 Å². The number of rotatable bonds is 3. The molecule has 1 amide bonds. The first-order valence-electron chi connectivity index (χ1n) is 5.39. The molecule has 1 aromatic heterocycles. The zero-order valence-electron chi connectivity index (χ0n) is 9.21. The molecule has 0 atom stereocenters. The normalized spacial score (nSPS) is 17.2. The van der Waals surface area contributed by atoms with Crippen LogP contribution in [0.5, 0.6) is 0 Å². The summed E-state index contributed by atoms with van der Waals surface area (Å²) in [6.45, 7) is 0.348. The molecule has 17 heavy (non-hydrogen) atoms. The minimum Gasteiger partial charge on any atom is -0.349 e. The molecule has 0 saturated heterocycles. The number of nitrogens with two attached hydrogens (primary N) is 1. The Labute approximate surface area is 96.4 Å². The van der Waals surface area contributed by atoms with E-state index in [0.717, 1.165) is 25.3 Å². The summed E-state index contributed by atoms with van der Waals surface area (Å²) in [7, 11) is 0. The third-order valence-electron chi connectivity index (χ3n) is 2.96. The first-order valence-corrected chi connectivity index (χ1v) is 5.39. The Bertz CT molecular complexity index is 513. The lowest BCUT2D eigenvalue weighted by molar-refractivity contribution is 0.0924. The van der Waals surface area contributed by atoms with Crippen LogP contribution in [0.25, 0.3) is 0 Å². The molecule has 0 radical (unpaired) electrons.